The van der Waals surface area contributed by atoms with Gasteiger partial charge in [-0.2, -0.15) is 4.31 Å². The van der Waals surface area contributed by atoms with Gasteiger partial charge in [0.15, 0.2) is 0 Å². The molecule has 134 valence electrons. The molecule has 0 aliphatic carbocycles. The number of sulfonamides is 1. The van der Waals surface area contributed by atoms with Crippen LogP contribution in [0.3, 0.4) is 0 Å². The molecule has 1 aromatic rings. The number of methoxy groups -OCH3 is 1. The van der Waals surface area contributed by atoms with Crippen molar-refractivity contribution in [1.29, 1.82) is 0 Å². The van der Waals surface area contributed by atoms with E-state index in [-0.39, 0.29) is 28.9 Å². The first-order valence-corrected chi connectivity index (χ1v) is 9.69. The van der Waals surface area contributed by atoms with E-state index >= 15 is 0 Å². The van der Waals surface area contributed by atoms with Crippen molar-refractivity contribution in [3.05, 3.63) is 23.2 Å². The lowest BCUT2D eigenvalue weighted by Crippen LogP contribution is -2.50. The van der Waals surface area contributed by atoms with Gasteiger partial charge in [-0.25, -0.2) is 8.42 Å². The van der Waals surface area contributed by atoms with Crippen molar-refractivity contribution < 1.29 is 17.9 Å². The third kappa shape index (κ3) is 4.20. The van der Waals surface area contributed by atoms with Crippen LogP contribution in [0.25, 0.3) is 0 Å². The molecule has 0 atom stereocenters. The Labute approximate surface area is 148 Å². The molecule has 0 N–H and O–H groups in total. The molecule has 1 aromatic carbocycles. The second-order valence-corrected chi connectivity index (χ2v) is 8.52. The summed E-state index contributed by atoms with van der Waals surface area (Å²) in [7, 11) is -2.15. The summed E-state index contributed by atoms with van der Waals surface area (Å²) in [6.45, 7) is 5.38. The zero-order chi connectivity index (χ0) is 17.9. The standard InChI is InChI=1S/C16H23ClN2O4S/c1-12(2)10-16(20)18-6-8-19(9-7-18)24(21,22)13-4-5-15(23-3)14(17)11-13/h4-5,11-12H,6-10H2,1-3H3. The lowest BCUT2D eigenvalue weighted by molar-refractivity contribution is -0.133. The predicted octanol–water partition coefficient (Wildman–Crippen LogP) is 2.23. The van der Waals surface area contributed by atoms with Crippen molar-refractivity contribution in [2.45, 2.75) is 25.2 Å². The average Bonchev–Trinajstić information content (AvgIpc) is 2.54. The van der Waals surface area contributed by atoms with E-state index in [1.807, 2.05) is 13.8 Å². The number of nitrogens with zero attached hydrogens (tertiary/aromatic N) is 2. The van der Waals surface area contributed by atoms with Crippen LogP contribution in [0.5, 0.6) is 5.75 Å². The van der Waals surface area contributed by atoms with Gasteiger partial charge in [0, 0.05) is 32.6 Å². The van der Waals surface area contributed by atoms with E-state index in [0.29, 0.717) is 31.2 Å². The highest BCUT2D eigenvalue weighted by molar-refractivity contribution is 7.89. The van der Waals surface area contributed by atoms with Crippen molar-refractivity contribution in [3.8, 4) is 5.75 Å². The maximum Gasteiger partial charge on any atom is 0.243 e. The van der Waals surface area contributed by atoms with Crippen LogP contribution in [0.4, 0.5) is 0 Å². The highest BCUT2D eigenvalue weighted by Crippen LogP contribution is 2.28. The Morgan fingerprint density at radius 2 is 1.88 bits per heavy atom. The number of amides is 1. The molecule has 6 nitrogen and oxygen atoms in total. The van der Waals surface area contributed by atoms with Crippen molar-refractivity contribution >= 4 is 27.5 Å². The second-order valence-electron chi connectivity index (χ2n) is 6.18. The van der Waals surface area contributed by atoms with E-state index in [1.165, 1.54) is 29.6 Å². The average molecular weight is 375 g/mol. The first-order chi connectivity index (χ1) is 11.3. The molecule has 1 aliphatic heterocycles. The number of halogens is 1. The lowest BCUT2D eigenvalue weighted by atomic mass is 10.1. The maximum absolute atomic E-state index is 12.7. The first-order valence-electron chi connectivity index (χ1n) is 7.87. The molecule has 0 saturated carbocycles. The minimum Gasteiger partial charge on any atom is -0.495 e. The van der Waals surface area contributed by atoms with Gasteiger partial charge in [-0.05, 0) is 24.1 Å². The number of ether oxygens (including phenoxy) is 1. The quantitative estimate of drug-likeness (QED) is 0.792. The summed E-state index contributed by atoms with van der Waals surface area (Å²) >= 11 is 6.03. The molecule has 0 spiro atoms. The van der Waals surface area contributed by atoms with E-state index in [2.05, 4.69) is 0 Å². The fourth-order valence-corrected chi connectivity index (χ4v) is 4.38. The Hall–Kier alpha value is -1.31. The number of rotatable bonds is 5. The molecule has 0 aromatic heterocycles. The zero-order valence-electron chi connectivity index (χ0n) is 14.2. The smallest absolute Gasteiger partial charge is 0.243 e. The van der Waals surface area contributed by atoms with Gasteiger partial charge >= 0.3 is 0 Å². The van der Waals surface area contributed by atoms with Crippen LogP contribution < -0.4 is 4.74 Å². The number of benzene rings is 1. The number of hydrogen-bond acceptors (Lipinski definition) is 4. The van der Waals surface area contributed by atoms with Crippen LogP contribution in [0.1, 0.15) is 20.3 Å². The van der Waals surface area contributed by atoms with Crippen molar-refractivity contribution in [3.63, 3.8) is 0 Å². The fraction of sp³-hybridized carbons (Fsp3) is 0.562. The maximum atomic E-state index is 12.7. The summed E-state index contributed by atoms with van der Waals surface area (Å²) < 4.78 is 31.9. The molecule has 1 fully saturated rings. The van der Waals surface area contributed by atoms with E-state index in [4.69, 9.17) is 16.3 Å². The Bertz CT molecular complexity index is 698. The van der Waals surface area contributed by atoms with E-state index in [0.717, 1.165) is 0 Å². The zero-order valence-corrected chi connectivity index (χ0v) is 15.7. The highest BCUT2D eigenvalue weighted by atomic mass is 35.5. The molecule has 24 heavy (non-hydrogen) atoms. The van der Waals surface area contributed by atoms with Gasteiger partial charge < -0.3 is 9.64 Å². The van der Waals surface area contributed by atoms with E-state index < -0.39 is 10.0 Å². The molecule has 1 aliphatic rings. The van der Waals surface area contributed by atoms with Gasteiger partial charge in [-0.1, -0.05) is 25.4 Å². The number of carbonyl (C=O) groups excluding carboxylic acids is 1. The van der Waals surface area contributed by atoms with Gasteiger partial charge in [0.1, 0.15) is 5.75 Å². The van der Waals surface area contributed by atoms with Crippen LogP contribution in [0.2, 0.25) is 5.02 Å². The van der Waals surface area contributed by atoms with Crippen molar-refractivity contribution in [2.75, 3.05) is 33.3 Å². The summed E-state index contributed by atoms with van der Waals surface area (Å²) in [4.78, 5) is 13.9. The van der Waals surface area contributed by atoms with Crippen LogP contribution in [0.15, 0.2) is 23.1 Å². The lowest BCUT2D eigenvalue weighted by Gasteiger charge is -2.34. The van der Waals surface area contributed by atoms with Crippen LogP contribution in [0, 0.1) is 5.92 Å². The molecular weight excluding hydrogens is 352 g/mol. The van der Waals surface area contributed by atoms with E-state index in [1.54, 1.807) is 4.90 Å². The summed E-state index contributed by atoms with van der Waals surface area (Å²) in [6.07, 6.45) is 0.487. The largest absolute Gasteiger partial charge is 0.495 e. The number of carbonyl (C=O) groups is 1. The highest BCUT2D eigenvalue weighted by Gasteiger charge is 2.30. The minimum atomic E-state index is -3.63. The van der Waals surface area contributed by atoms with Crippen molar-refractivity contribution in [1.82, 2.24) is 9.21 Å². The second kappa shape index (κ2) is 7.72. The topological polar surface area (TPSA) is 66.9 Å². The molecule has 0 bridgehead atoms. The molecular formula is C16H23ClN2O4S. The molecule has 8 heteroatoms. The first kappa shape index (κ1) is 19.0. The van der Waals surface area contributed by atoms with Gasteiger partial charge in [-0.15, -0.1) is 0 Å². The SMILES string of the molecule is COc1ccc(S(=O)(=O)N2CCN(C(=O)CC(C)C)CC2)cc1Cl. The summed E-state index contributed by atoms with van der Waals surface area (Å²) in [5.74, 6) is 0.801. The monoisotopic (exact) mass is 374 g/mol. The Morgan fingerprint density at radius 3 is 2.38 bits per heavy atom. The molecule has 1 saturated heterocycles. The predicted molar refractivity (Wildman–Crippen MR) is 92.8 cm³/mol. The molecule has 0 radical (unpaired) electrons. The Balaban J connectivity index is 2.07. The van der Waals surface area contributed by atoms with E-state index in [9.17, 15) is 13.2 Å². The van der Waals surface area contributed by atoms with Crippen LogP contribution in [-0.4, -0.2) is 56.8 Å². The van der Waals surface area contributed by atoms with Gasteiger partial charge in [-0.3, -0.25) is 4.79 Å². The molecule has 0 unspecified atom stereocenters. The molecule has 2 rings (SSSR count). The van der Waals surface area contributed by atoms with Crippen LogP contribution in [-0.2, 0) is 14.8 Å². The fourth-order valence-electron chi connectivity index (χ4n) is 2.61. The minimum absolute atomic E-state index is 0.0783. The normalized spacial score (nSPS) is 16.5. The van der Waals surface area contributed by atoms with Gasteiger partial charge in [0.05, 0.1) is 17.0 Å². The number of hydrogen-bond donors (Lipinski definition) is 0. The van der Waals surface area contributed by atoms with Gasteiger partial charge in [0.25, 0.3) is 0 Å². The number of piperazine rings is 1. The summed E-state index contributed by atoms with van der Waals surface area (Å²) in [5.41, 5.74) is 0. The Kier molecular flexibility index (Phi) is 6.11. The summed E-state index contributed by atoms with van der Waals surface area (Å²) in [5, 5.41) is 0.254. The van der Waals surface area contributed by atoms with Crippen molar-refractivity contribution in [2.24, 2.45) is 5.92 Å². The Morgan fingerprint density at radius 1 is 1.25 bits per heavy atom. The molecule has 1 amide bonds. The third-order valence-electron chi connectivity index (χ3n) is 3.94. The van der Waals surface area contributed by atoms with Crippen LogP contribution >= 0.6 is 11.6 Å². The summed E-state index contributed by atoms with van der Waals surface area (Å²) in [6, 6.07) is 4.42. The third-order valence-corrected chi connectivity index (χ3v) is 6.13. The van der Waals surface area contributed by atoms with Gasteiger partial charge in [0.2, 0.25) is 15.9 Å². The molecule has 1 heterocycles.